The van der Waals surface area contributed by atoms with E-state index in [9.17, 15) is 9.59 Å². The van der Waals surface area contributed by atoms with E-state index >= 15 is 4.39 Å². The molecule has 1 saturated carbocycles. The molecule has 6 aromatic rings. The monoisotopic (exact) mass is 831 g/mol. The van der Waals surface area contributed by atoms with Gasteiger partial charge in [0.2, 0.25) is 6.23 Å². The second kappa shape index (κ2) is 14.3. The largest absolute Gasteiger partial charge is 0.464 e. The first-order valence-electron chi connectivity index (χ1n) is 20.2. The van der Waals surface area contributed by atoms with Crippen molar-refractivity contribution in [2.75, 3.05) is 19.8 Å². The normalized spacial score (nSPS) is 20.6. The van der Waals surface area contributed by atoms with Gasteiger partial charge in [0.1, 0.15) is 28.9 Å². The molecule has 59 heavy (non-hydrogen) atoms. The molecule has 2 saturated heterocycles. The molecule has 3 aliphatic heterocycles. The number of hydrogen-bond donors (Lipinski definition) is 4. The fourth-order valence-electron chi connectivity index (χ4n) is 8.81. The van der Waals surface area contributed by atoms with E-state index in [2.05, 4.69) is 44.3 Å². The summed E-state index contributed by atoms with van der Waals surface area (Å²) in [6, 6.07) is 12.7. The molecular weight excluding hydrogens is 786 g/mol. The number of benzene rings is 2. The van der Waals surface area contributed by atoms with Crippen molar-refractivity contribution >= 4 is 42.3 Å². The minimum Gasteiger partial charge on any atom is -0.464 e. The van der Waals surface area contributed by atoms with E-state index in [1.165, 1.54) is 7.11 Å². The molecule has 0 radical (unpaired) electrons. The molecule has 16 heteroatoms. The minimum absolute atomic E-state index is 0.175. The van der Waals surface area contributed by atoms with Gasteiger partial charge in [-0.25, -0.2) is 24.1 Å². The van der Waals surface area contributed by atoms with Crippen molar-refractivity contribution in [2.45, 2.75) is 82.9 Å². The van der Waals surface area contributed by atoms with E-state index < -0.39 is 20.4 Å². The first kappa shape index (κ1) is 37.7. The summed E-state index contributed by atoms with van der Waals surface area (Å²) in [6.07, 6.45) is 9.12. The van der Waals surface area contributed by atoms with Crippen molar-refractivity contribution in [1.82, 2.24) is 45.0 Å². The highest BCUT2D eigenvalue weighted by atomic mass is 32.1. The summed E-state index contributed by atoms with van der Waals surface area (Å²) in [6.45, 7) is 8.86. The maximum absolute atomic E-state index is 16.6. The molecule has 4 aromatic heterocycles. The molecule has 4 aliphatic rings. The number of halogens is 1. The number of carbonyl (C=O) groups excluding carboxylic acids is 2. The molecule has 7 heterocycles. The topological polar surface area (TPSA) is 155 Å². The fraction of sp³-hybridized carbons (Fsp3) is 0.372. The van der Waals surface area contributed by atoms with Crippen LogP contribution in [0.3, 0.4) is 0 Å². The number of rotatable bonds is 8. The average Bonchev–Trinajstić information content (AvgIpc) is 3.90. The molecule has 2 amide bonds. The molecule has 0 unspecified atom stereocenters. The van der Waals surface area contributed by atoms with E-state index in [0.29, 0.717) is 40.7 Å². The standard InChI is InChI=1S/C43H46FN9O4SSi/c1-22(2)37(51-43(55)56-3)41(54)52-12-6-7-32(52)39-46-17-28(50-39)24-10-11-31-26(13-24)15-33-36-27(44)14-25(29-18-45-38(49-29)30-20-59(4,5)21-48-30)16-34(36)57-42(53(31)33)35-19-47-40(58-35)23-8-9-23/h10-11,13-19,23,30,32,42,48H,6-9,12,20-21H2,1-5H3,(H,45,49)(H,46,50)(H,51,55)/t30-,32-,42-/m0/s1. The summed E-state index contributed by atoms with van der Waals surface area (Å²) in [5, 5.41) is 8.24. The number of fused-ring (bicyclic) bond motifs is 5. The van der Waals surface area contributed by atoms with Crippen LogP contribution in [0.1, 0.15) is 85.3 Å². The van der Waals surface area contributed by atoms with Gasteiger partial charge in [0.15, 0.2) is 0 Å². The molecule has 2 aromatic carbocycles. The Morgan fingerprint density at radius 2 is 1.76 bits per heavy atom. The minimum atomic E-state index is -1.31. The zero-order valence-corrected chi connectivity index (χ0v) is 35.4. The van der Waals surface area contributed by atoms with Gasteiger partial charge in [-0.3, -0.25) is 14.7 Å². The Labute approximate surface area is 345 Å². The van der Waals surface area contributed by atoms with Crippen LogP contribution in [0.15, 0.2) is 66.3 Å². The quantitative estimate of drug-likeness (QED) is 0.0878. The number of aromatic amines is 2. The molecule has 1 aliphatic carbocycles. The first-order chi connectivity index (χ1) is 28.4. The van der Waals surface area contributed by atoms with Crippen LogP contribution >= 0.6 is 11.3 Å². The molecule has 0 bridgehead atoms. The number of nitrogens with one attached hydrogen (secondary N) is 4. The molecular formula is C43H46FN9O4SSi. The lowest BCUT2D eigenvalue weighted by Crippen LogP contribution is -2.39. The first-order valence-corrected chi connectivity index (χ1v) is 24.5. The summed E-state index contributed by atoms with van der Waals surface area (Å²) >= 11 is 1.66. The average molecular weight is 832 g/mol. The van der Waals surface area contributed by atoms with E-state index in [1.54, 1.807) is 48.5 Å². The van der Waals surface area contributed by atoms with Crippen molar-refractivity contribution < 1.29 is 23.5 Å². The third kappa shape index (κ3) is 6.76. The summed E-state index contributed by atoms with van der Waals surface area (Å²) < 4.78 is 30.3. The van der Waals surface area contributed by atoms with Crippen LogP contribution in [0, 0.1) is 5.82 Å². The number of allylic oxidation sites excluding steroid dienone is 1. The second-order valence-electron chi connectivity index (χ2n) is 17.2. The molecule has 3 fully saturated rings. The van der Waals surface area contributed by atoms with Gasteiger partial charge >= 0.3 is 6.09 Å². The zero-order chi connectivity index (χ0) is 40.7. The van der Waals surface area contributed by atoms with Crippen LogP contribution in [0.25, 0.3) is 44.7 Å². The second-order valence-corrected chi connectivity index (χ2v) is 23.3. The lowest BCUT2D eigenvalue weighted by atomic mass is 10.0. The van der Waals surface area contributed by atoms with Crippen molar-refractivity contribution in [2.24, 2.45) is 0 Å². The van der Waals surface area contributed by atoms with E-state index in [0.717, 1.165) is 87.2 Å². The van der Waals surface area contributed by atoms with Crippen LogP contribution < -0.4 is 15.4 Å². The van der Waals surface area contributed by atoms with E-state index in [1.807, 2.05) is 30.5 Å². The predicted octanol–water partition coefficient (Wildman–Crippen LogP) is 8.71. The Hall–Kier alpha value is -5.58. The summed E-state index contributed by atoms with van der Waals surface area (Å²) in [5.41, 5.74) is 6.03. The number of likely N-dealkylation sites (tertiary alicyclic amines) is 1. The lowest BCUT2D eigenvalue weighted by molar-refractivity contribution is -0.128. The third-order valence-electron chi connectivity index (χ3n) is 12.0. The Kier molecular flexibility index (Phi) is 9.13. The summed E-state index contributed by atoms with van der Waals surface area (Å²) in [5.74, 6) is 1.86. The Morgan fingerprint density at radius 1 is 0.983 bits per heavy atom. The van der Waals surface area contributed by atoms with Crippen LogP contribution in [0.4, 0.5) is 9.18 Å². The number of aromatic nitrogens is 6. The number of imidazole rings is 2. The smallest absolute Gasteiger partial charge is 0.411 e. The lowest BCUT2D eigenvalue weighted by Gasteiger charge is -2.29. The van der Waals surface area contributed by atoms with Crippen molar-refractivity contribution in [3.8, 4) is 39.5 Å². The molecule has 10 rings (SSSR count). The van der Waals surface area contributed by atoms with Gasteiger partial charge in [0.05, 0.1) is 77.7 Å². The van der Waals surface area contributed by atoms with Gasteiger partial charge in [-0.2, -0.15) is 0 Å². The van der Waals surface area contributed by atoms with Crippen LogP contribution in [0.2, 0.25) is 19.1 Å². The van der Waals surface area contributed by atoms with Crippen LogP contribution in [-0.4, -0.2) is 74.3 Å². The number of hydrogen-bond acceptors (Lipinski definition) is 9. The predicted molar refractivity (Wildman–Crippen MR) is 226 cm³/mol. The maximum Gasteiger partial charge on any atom is 0.411 e. The third-order valence-corrected chi connectivity index (χ3v) is 15.9. The van der Waals surface area contributed by atoms with Gasteiger partial charge in [0.25, 0.3) is 5.91 Å². The number of methoxy groups -OCH3 is 1. The van der Waals surface area contributed by atoms with E-state index in [4.69, 9.17) is 24.4 Å². The van der Waals surface area contributed by atoms with Gasteiger partial charge in [0, 0.05) is 35.2 Å². The fourth-order valence-corrected chi connectivity index (χ4v) is 12.3. The van der Waals surface area contributed by atoms with Crippen LogP contribution in [-0.2, 0) is 9.53 Å². The number of nitrogens with zero attached hydrogens (tertiary/aromatic N) is 5. The Bertz CT molecular complexity index is 2690. The maximum atomic E-state index is 16.6. The highest BCUT2D eigenvalue weighted by molar-refractivity contribution is 7.11. The van der Waals surface area contributed by atoms with Gasteiger partial charge in [-0.15, -0.1) is 11.3 Å². The summed E-state index contributed by atoms with van der Waals surface area (Å²) in [7, 11) is -0.0426. The van der Waals surface area contributed by atoms with Crippen molar-refractivity contribution in [1.29, 1.82) is 0 Å². The Balaban J connectivity index is 0.995. The SMILES string of the molecule is COC(=O)NC(C(=O)N1CCC[C@H]1c1ncc(-c2ccc3c(c2)cc2n3[C@H](c3cnc(C4CC4)s3)Oc3cc(-c4cnc([C@@H]5C[Si](C)(C)CN5)[nH]4)cc(F)c3-2)[nH]1)=C(C)C. The van der Waals surface area contributed by atoms with Crippen molar-refractivity contribution in [3.63, 3.8) is 0 Å². The van der Waals surface area contributed by atoms with Gasteiger partial charge in [-0.05, 0) is 87.6 Å². The zero-order valence-electron chi connectivity index (χ0n) is 33.6. The van der Waals surface area contributed by atoms with Crippen molar-refractivity contribution in [3.05, 3.63) is 93.6 Å². The molecule has 0 spiro atoms. The molecule has 13 nitrogen and oxygen atoms in total. The number of carbonyl (C=O) groups is 2. The van der Waals surface area contributed by atoms with Gasteiger partial charge < -0.3 is 29.7 Å². The number of amides is 2. The molecule has 3 atom stereocenters. The molecule has 304 valence electrons. The number of thiazole rings is 1. The highest BCUT2D eigenvalue weighted by Gasteiger charge is 2.38. The Morgan fingerprint density at radius 3 is 2.51 bits per heavy atom. The number of ether oxygens (including phenoxy) is 2. The van der Waals surface area contributed by atoms with Gasteiger partial charge in [-0.1, -0.05) is 19.2 Å². The molecule has 4 N–H and O–H groups in total. The summed E-state index contributed by atoms with van der Waals surface area (Å²) in [4.78, 5) is 49.7. The van der Waals surface area contributed by atoms with Crippen LogP contribution in [0.5, 0.6) is 5.75 Å². The number of H-pyrrole nitrogens is 2. The van der Waals surface area contributed by atoms with E-state index in [-0.39, 0.29) is 29.5 Å². The number of alkyl carbamates (subject to hydrolysis) is 1. The highest BCUT2D eigenvalue weighted by Crippen LogP contribution is 2.50.